The molecule has 0 N–H and O–H groups in total. The van der Waals surface area contributed by atoms with E-state index in [0.29, 0.717) is 12.8 Å². The lowest BCUT2D eigenvalue weighted by Crippen LogP contribution is -2.43. The molecule has 264 valence electrons. The molecule has 0 aliphatic carbocycles. The predicted octanol–water partition coefficient (Wildman–Crippen LogP) is 8.82. The summed E-state index contributed by atoms with van der Waals surface area (Å²) in [5, 5.41) is 0. The van der Waals surface area contributed by atoms with E-state index in [1.54, 1.807) is 20.8 Å². The van der Waals surface area contributed by atoms with Gasteiger partial charge in [0.05, 0.1) is 25.2 Å². The largest absolute Gasteiger partial charge is 0.445 e. The predicted molar refractivity (Wildman–Crippen MR) is 195 cm³/mol. The molecule has 3 aromatic rings. The molecule has 51 heavy (non-hydrogen) atoms. The molecule has 0 aromatic heterocycles. The van der Waals surface area contributed by atoms with Crippen molar-refractivity contribution < 1.29 is 27.8 Å². The van der Waals surface area contributed by atoms with Crippen LogP contribution in [0.3, 0.4) is 0 Å². The number of carbonyl (C=O) groups excluding carboxylic acids is 2. The smallest absolute Gasteiger partial charge is 0.410 e. The lowest BCUT2D eigenvalue weighted by molar-refractivity contribution is 0.0255. The number of carbonyl (C=O) groups is 2. The summed E-state index contributed by atoms with van der Waals surface area (Å²) in [7, 11) is 0. The number of rotatable bonds is 7. The second-order valence-corrected chi connectivity index (χ2v) is 14.6. The topological polar surface area (TPSA) is 83.8 Å². The number of halogens is 2. The Labute approximate surface area is 297 Å². The molecule has 0 spiro atoms. The van der Waals surface area contributed by atoms with Crippen LogP contribution in [0, 0.1) is 0 Å². The Morgan fingerprint density at radius 1 is 0.686 bits per heavy atom. The molecule has 0 unspecified atom stereocenters. The number of allylic oxidation sites excluding steroid dienone is 2. The van der Waals surface area contributed by atoms with Crippen LogP contribution in [0.15, 0.2) is 101 Å². The number of hydrogen-bond donors (Lipinski definition) is 0. The summed E-state index contributed by atoms with van der Waals surface area (Å²) >= 11 is 0. The van der Waals surface area contributed by atoms with Crippen molar-refractivity contribution in [3.8, 4) is 11.1 Å². The third-order valence-corrected chi connectivity index (χ3v) is 9.70. The Kier molecular flexibility index (Phi) is 9.59. The van der Waals surface area contributed by atoms with Gasteiger partial charge in [0, 0.05) is 49.5 Å². The highest BCUT2D eigenvalue weighted by atomic mass is 19.1. The van der Waals surface area contributed by atoms with Gasteiger partial charge < -0.3 is 9.47 Å². The van der Waals surface area contributed by atoms with Crippen LogP contribution in [0.25, 0.3) is 22.3 Å². The van der Waals surface area contributed by atoms with Gasteiger partial charge in [-0.15, -0.1) is 0 Å². The first kappa shape index (κ1) is 34.3. The van der Waals surface area contributed by atoms with E-state index >= 15 is 0 Å². The molecule has 0 radical (unpaired) electrons. The van der Waals surface area contributed by atoms with Gasteiger partial charge in [0.25, 0.3) is 0 Å². The minimum atomic E-state index is -1.12. The highest BCUT2D eigenvalue weighted by Gasteiger charge is 2.42. The number of benzene rings is 3. The van der Waals surface area contributed by atoms with E-state index in [1.807, 2.05) is 42.7 Å². The van der Waals surface area contributed by atoms with Gasteiger partial charge >= 0.3 is 12.2 Å². The van der Waals surface area contributed by atoms with E-state index in [4.69, 9.17) is 9.47 Å². The maximum atomic E-state index is 14.6. The molecule has 8 nitrogen and oxygen atoms in total. The van der Waals surface area contributed by atoms with Crippen molar-refractivity contribution in [3.63, 3.8) is 0 Å². The third-order valence-electron chi connectivity index (χ3n) is 9.70. The van der Waals surface area contributed by atoms with E-state index in [9.17, 15) is 18.4 Å². The Balaban J connectivity index is 0.936. The second-order valence-electron chi connectivity index (χ2n) is 14.6. The number of amides is 2. The number of nitrogens with zero attached hydrogens (tertiary/aromatic N) is 4. The molecule has 4 atom stereocenters. The van der Waals surface area contributed by atoms with Gasteiger partial charge in [-0.05, 0) is 59.7 Å². The third kappa shape index (κ3) is 7.80. The number of aliphatic imine (C=N–C) groups is 2. The molecule has 2 fully saturated rings. The maximum Gasteiger partial charge on any atom is 0.410 e. The molecule has 0 bridgehead atoms. The lowest BCUT2D eigenvalue weighted by atomic mass is 9.95. The highest BCUT2D eigenvalue weighted by Crippen LogP contribution is 2.35. The molecule has 7 rings (SSSR count). The van der Waals surface area contributed by atoms with Crippen molar-refractivity contribution in [1.29, 1.82) is 0 Å². The van der Waals surface area contributed by atoms with Crippen LogP contribution in [-0.4, -0.2) is 76.5 Å². The molecular formula is C41H42F2N4O4. The molecule has 4 aliphatic heterocycles. The molecular weight excluding hydrogens is 650 g/mol. The molecule has 2 amide bonds. The lowest BCUT2D eigenvalue weighted by Gasteiger charge is -2.28. The number of alkyl halides is 2. The van der Waals surface area contributed by atoms with Crippen LogP contribution in [0.1, 0.15) is 63.1 Å². The van der Waals surface area contributed by atoms with Gasteiger partial charge in [-0.3, -0.25) is 19.8 Å². The summed E-state index contributed by atoms with van der Waals surface area (Å²) in [6.07, 6.45) is 1.88. The monoisotopic (exact) mass is 692 g/mol. The minimum Gasteiger partial charge on any atom is -0.445 e. The Morgan fingerprint density at radius 3 is 1.61 bits per heavy atom. The van der Waals surface area contributed by atoms with Crippen LogP contribution in [0.5, 0.6) is 0 Å². The zero-order valence-electron chi connectivity index (χ0n) is 29.1. The van der Waals surface area contributed by atoms with Crippen LogP contribution < -0.4 is 0 Å². The normalized spacial score (nSPS) is 23.2. The summed E-state index contributed by atoms with van der Waals surface area (Å²) < 4.78 is 40.1. The van der Waals surface area contributed by atoms with Crippen LogP contribution in [0.2, 0.25) is 0 Å². The average Bonchev–Trinajstić information content (AvgIpc) is 3.93. The standard InChI is InChI=1S/C41H42F2N4O4/c1-41(2,3)51-40(49)47-24-34(43)20-38(47)36-18-32(22-45-36)30-15-11-28(12-16-30)27-9-13-29(14-10-27)31-17-35(44-21-31)37-19-33(42)23-46(37)39(48)50-25-26-7-5-4-6-8-26/h4-16,21-22,33-34,37-38H,17-20,23-25H2,1-3H3/t33-,34-,37-,38-/m0/s1. The Morgan fingerprint density at radius 2 is 1.14 bits per heavy atom. The van der Waals surface area contributed by atoms with Gasteiger partial charge in [-0.1, -0.05) is 78.9 Å². The zero-order chi connectivity index (χ0) is 35.7. The Hall–Kier alpha value is -5.12. The average molecular weight is 693 g/mol. The first-order chi connectivity index (χ1) is 24.5. The van der Waals surface area contributed by atoms with E-state index in [0.717, 1.165) is 50.4 Å². The van der Waals surface area contributed by atoms with Crippen molar-refractivity contribution in [2.45, 2.75) is 83.1 Å². The zero-order valence-corrected chi connectivity index (χ0v) is 29.1. The van der Waals surface area contributed by atoms with E-state index in [2.05, 4.69) is 58.5 Å². The quantitative estimate of drug-likeness (QED) is 0.248. The Bertz CT molecular complexity index is 1900. The molecule has 2 saturated heterocycles. The molecule has 0 saturated carbocycles. The SMILES string of the molecule is CC(C)(C)OC(=O)N1C[C@@H](F)C[C@H]1C1=NC=C(c2ccc(-c3ccc(C4=CN=C([C@@H]5C[C@H](F)CN5C(=O)OCc5ccccc5)C4)cc3)cc2)C1. The molecule has 4 heterocycles. The number of ether oxygens (including phenoxy) is 2. The van der Waals surface area contributed by atoms with Gasteiger partial charge in [0.1, 0.15) is 24.6 Å². The molecule has 3 aromatic carbocycles. The fourth-order valence-corrected chi connectivity index (χ4v) is 7.14. The van der Waals surface area contributed by atoms with E-state index < -0.39 is 42.2 Å². The van der Waals surface area contributed by atoms with Gasteiger partial charge in [-0.2, -0.15) is 0 Å². The van der Waals surface area contributed by atoms with Gasteiger partial charge in [0.2, 0.25) is 0 Å². The van der Waals surface area contributed by atoms with Crippen molar-refractivity contribution in [3.05, 3.63) is 108 Å². The van der Waals surface area contributed by atoms with Crippen LogP contribution >= 0.6 is 0 Å². The van der Waals surface area contributed by atoms with E-state index in [-0.39, 0.29) is 32.5 Å². The van der Waals surface area contributed by atoms with Gasteiger partial charge in [0.15, 0.2) is 0 Å². The summed E-state index contributed by atoms with van der Waals surface area (Å²) in [5.41, 5.74) is 7.95. The van der Waals surface area contributed by atoms with Crippen LogP contribution in [-0.2, 0) is 16.1 Å². The highest BCUT2D eigenvalue weighted by molar-refractivity contribution is 6.04. The number of hydrogen-bond acceptors (Lipinski definition) is 6. The first-order valence-corrected chi connectivity index (χ1v) is 17.5. The van der Waals surface area contributed by atoms with E-state index in [1.165, 1.54) is 9.80 Å². The van der Waals surface area contributed by atoms with Crippen molar-refractivity contribution >= 4 is 34.8 Å². The molecule has 10 heteroatoms. The summed E-state index contributed by atoms with van der Waals surface area (Å²) in [4.78, 5) is 37.9. The summed E-state index contributed by atoms with van der Waals surface area (Å²) in [6, 6.07) is 25.1. The fraction of sp³-hybridized carbons (Fsp3) is 0.366. The fourth-order valence-electron chi connectivity index (χ4n) is 7.14. The van der Waals surface area contributed by atoms with Crippen LogP contribution in [0.4, 0.5) is 18.4 Å². The van der Waals surface area contributed by atoms with Crippen molar-refractivity contribution in [2.75, 3.05) is 13.1 Å². The second kappa shape index (κ2) is 14.2. The first-order valence-electron chi connectivity index (χ1n) is 17.5. The van der Waals surface area contributed by atoms with Crippen molar-refractivity contribution in [1.82, 2.24) is 9.80 Å². The minimum absolute atomic E-state index is 0.00160. The van der Waals surface area contributed by atoms with Crippen molar-refractivity contribution in [2.24, 2.45) is 9.98 Å². The number of likely N-dealkylation sites (tertiary alicyclic amines) is 2. The summed E-state index contributed by atoms with van der Waals surface area (Å²) in [6.45, 7) is 5.55. The maximum absolute atomic E-state index is 14.6. The molecule has 4 aliphatic rings. The van der Waals surface area contributed by atoms with Gasteiger partial charge in [-0.25, -0.2) is 18.4 Å². The summed E-state index contributed by atoms with van der Waals surface area (Å²) in [5.74, 6) is 0.